The van der Waals surface area contributed by atoms with E-state index in [0.29, 0.717) is 17.2 Å². The van der Waals surface area contributed by atoms with Crippen LogP contribution >= 0.6 is 15.9 Å². The van der Waals surface area contributed by atoms with Crippen LogP contribution in [-0.4, -0.2) is 7.11 Å². The third-order valence-corrected chi connectivity index (χ3v) is 1.96. The van der Waals surface area contributed by atoms with E-state index in [1.807, 2.05) is 0 Å². The van der Waals surface area contributed by atoms with E-state index in [4.69, 9.17) is 14.4 Å². The first-order chi connectivity index (χ1) is 5.81. The van der Waals surface area contributed by atoms with Crippen LogP contribution in [0.25, 0.3) is 0 Å². The summed E-state index contributed by atoms with van der Waals surface area (Å²) in [5.41, 5.74) is 2.29. The molecule has 1 aliphatic rings. The van der Waals surface area contributed by atoms with Crippen molar-refractivity contribution < 1.29 is 14.4 Å². The van der Waals surface area contributed by atoms with Gasteiger partial charge in [-0.2, -0.15) is 0 Å². The van der Waals surface area contributed by atoms with Gasteiger partial charge in [0.2, 0.25) is 11.5 Å². The van der Waals surface area contributed by atoms with E-state index in [2.05, 4.69) is 21.6 Å². The molecule has 1 N–H and O–H groups in total. The number of halogens is 1. The molecule has 12 heavy (non-hydrogen) atoms. The summed E-state index contributed by atoms with van der Waals surface area (Å²) in [6.45, 7) is 0. The van der Waals surface area contributed by atoms with Crippen molar-refractivity contribution in [1.82, 2.24) is 5.64 Å². The number of ether oxygens (including phenoxy) is 1. The Morgan fingerprint density at radius 2 is 2.25 bits per heavy atom. The van der Waals surface area contributed by atoms with Gasteiger partial charge in [-0.25, -0.2) is 0 Å². The average molecular weight is 232 g/mol. The van der Waals surface area contributed by atoms with E-state index in [1.165, 1.54) is 0 Å². The van der Waals surface area contributed by atoms with Gasteiger partial charge in [-0.15, -0.1) is 0 Å². The number of hydrogen-bond donors (Lipinski definition) is 1. The Hall–Kier alpha value is -0.940. The topological polar surface area (TPSA) is 39.7 Å². The van der Waals surface area contributed by atoms with Gasteiger partial charge in [0.1, 0.15) is 0 Å². The summed E-state index contributed by atoms with van der Waals surface area (Å²) in [7, 11) is 1.57. The molecule has 1 aliphatic heterocycles. The van der Waals surface area contributed by atoms with Gasteiger partial charge >= 0.3 is 0 Å². The van der Waals surface area contributed by atoms with E-state index in [1.54, 1.807) is 19.2 Å². The first-order valence-corrected chi connectivity index (χ1v) is 4.07. The molecule has 2 rings (SSSR count). The lowest BCUT2D eigenvalue weighted by Gasteiger charge is -2.02. The summed E-state index contributed by atoms with van der Waals surface area (Å²) in [6, 6.07) is 3.59. The molecule has 0 fully saturated rings. The molecular formula is C7H6BrNO3. The normalized spacial score (nSPS) is 13.2. The SMILES string of the molecule is COc1cc(Br)cc2c1ONO2. The molecule has 0 aromatic heterocycles. The lowest BCUT2D eigenvalue weighted by molar-refractivity contribution is 0.0247. The van der Waals surface area contributed by atoms with Gasteiger partial charge in [0, 0.05) is 16.2 Å². The molecule has 0 unspecified atom stereocenters. The lowest BCUT2D eigenvalue weighted by atomic mass is 10.3. The molecule has 0 amide bonds. The molecule has 0 bridgehead atoms. The average Bonchev–Trinajstić information content (AvgIpc) is 2.50. The molecule has 0 spiro atoms. The van der Waals surface area contributed by atoms with Gasteiger partial charge < -0.3 is 14.4 Å². The van der Waals surface area contributed by atoms with Gasteiger partial charge in [-0.05, 0) is 6.07 Å². The predicted molar refractivity (Wildman–Crippen MR) is 45.1 cm³/mol. The van der Waals surface area contributed by atoms with Crippen molar-refractivity contribution in [2.24, 2.45) is 0 Å². The Morgan fingerprint density at radius 1 is 1.42 bits per heavy atom. The van der Waals surface area contributed by atoms with E-state index in [-0.39, 0.29) is 0 Å². The van der Waals surface area contributed by atoms with Crippen molar-refractivity contribution in [3.63, 3.8) is 0 Å². The van der Waals surface area contributed by atoms with Crippen LogP contribution in [0.15, 0.2) is 16.6 Å². The van der Waals surface area contributed by atoms with Gasteiger partial charge in [0.05, 0.1) is 7.11 Å². The highest BCUT2D eigenvalue weighted by molar-refractivity contribution is 9.10. The van der Waals surface area contributed by atoms with Crippen molar-refractivity contribution >= 4 is 15.9 Å². The highest BCUT2D eigenvalue weighted by atomic mass is 79.9. The highest BCUT2D eigenvalue weighted by Gasteiger charge is 2.20. The maximum atomic E-state index is 5.06. The van der Waals surface area contributed by atoms with Crippen molar-refractivity contribution in [2.75, 3.05) is 7.11 Å². The summed E-state index contributed by atoms with van der Waals surface area (Å²) in [6.07, 6.45) is 0. The molecule has 0 saturated carbocycles. The molecule has 1 aromatic rings. The first kappa shape index (κ1) is 7.70. The summed E-state index contributed by atoms with van der Waals surface area (Å²) in [5, 5.41) is 0. The number of methoxy groups -OCH3 is 1. The van der Waals surface area contributed by atoms with Gasteiger partial charge in [-0.1, -0.05) is 15.9 Å². The Bertz CT molecular complexity index is 316. The fraction of sp³-hybridized carbons (Fsp3) is 0.143. The van der Waals surface area contributed by atoms with Gasteiger partial charge in [0.25, 0.3) is 0 Å². The lowest BCUT2D eigenvalue weighted by Crippen LogP contribution is -2.14. The van der Waals surface area contributed by atoms with Crippen LogP contribution < -0.4 is 20.1 Å². The number of benzene rings is 1. The largest absolute Gasteiger partial charge is 0.493 e. The summed E-state index contributed by atoms with van der Waals surface area (Å²) < 4.78 is 5.94. The maximum Gasteiger partial charge on any atom is 0.237 e. The zero-order valence-electron chi connectivity index (χ0n) is 6.26. The second kappa shape index (κ2) is 2.84. The molecule has 1 aromatic carbocycles. The van der Waals surface area contributed by atoms with Crippen molar-refractivity contribution in [3.8, 4) is 17.2 Å². The second-order valence-electron chi connectivity index (χ2n) is 2.22. The predicted octanol–water partition coefficient (Wildman–Crippen LogP) is 1.65. The Morgan fingerprint density at radius 3 is 3.00 bits per heavy atom. The Kier molecular flexibility index (Phi) is 1.82. The first-order valence-electron chi connectivity index (χ1n) is 3.27. The quantitative estimate of drug-likeness (QED) is 0.799. The van der Waals surface area contributed by atoms with Crippen LogP contribution in [0.4, 0.5) is 0 Å². The Balaban J connectivity index is 2.55. The van der Waals surface area contributed by atoms with Crippen molar-refractivity contribution in [1.29, 1.82) is 0 Å². The minimum atomic E-state index is 0.570. The van der Waals surface area contributed by atoms with E-state index in [9.17, 15) is 0 Å². The van der Waals surface area contributed by atoms with Crippen LogP contribution in [0, 0.1) is 0 Å². The highest BCUT2D eigenvalue weighted by Crippen LogP contribution is 2.41. The van der Waals surface area contributed by atoms with Crippen LogP contribution in [0.1, 0.15) is 0 Å². The van der Waals surface area contributed by atoms with Crippen molar-refractivity contribution in [2.45, 2.75) is 0 Å². The maximum absolute atomic E-state index is 5.06. The monoisotopic (exact) mass is 231 g/mol. The molecule has 64 valence electrons. The van der Waals surface area contributed by atoms with Crippen LogP contribution in [0.3, 0.4) is 0 Å². The standard InChI is InChI=1S/C7H6BrNO3/c1-10-5-2-4(8)3-6-7(5)12-9-11-6/h2-3,9H,1H3. The molecule has 0 radical (unpaired) electrons. The summed E-state index contributed by atoms with van der Waals surface area (Å²) in [4.78, 5) is 9.90. The Labute approximate surface area is 77.5 Å². The third-order valence-electron chi connectivity index (χ3n) is 1.50. The number of nitrogens with one attached hydrogen (secondary N) is 1. The molecule has 1 heterocycles. The molecule has 5 heteroatoms. The fourth-order valence-corrected chi connectivity index (χ4v) is 1.40. The summed E-state index contributed by atoms with van der Waals surface area (Å²) >= 11 is 3.31. The zero-order chi connectivity index (χ0) is 8.55. The second-order valence-corrected chi connectivity index (χ2v) is 3.14. The molecule has 0 saturated heterocycles. The minimum Gasteiger partial charge on any atom is -0.493 e. The van der Waals surface area contributed by atoms with Gasteiger partial charge in [-0.3, -0.25) is 0 Å². The smallest absolute Gasteiger partial charge is 0.237 e. The van der Waals surface area contributed by atoms with E-state index >= 15 is 0 Å². The number of rotatable bonds is 1. The molecule has 0 atom stereocenters. The van der Waals surface area contributed by atoms with E-state index in [0.717, 1.165) is 4.47 Å². The van der Waals surface area contributed by atoms with Crippen LogP contribution in [0.2, 0.25) is 0 Å². The van der Waals surface area contributed by atoms with E-state index < -0.39 is 0 Å². The number of hydrogen-bond acceptors (Lipinski definition) is 4. The molecule has 0 aliphatic carbocycles. The minimum absolute atomic E-state index is 0.570. The molecule has 4 nitrogen and oxygen atoms in total. The molecular weight excluding hydrogens is 226 g/mol. The fourth-order valence-electron chi connectivity index (χ4n) is 0.980. The summed E-state index contributed by atoms with van der Waals surface area (Å²) in [5.74, 6) is 1.81. The van der Waals surface area contributed by atoms with Gasteiger partial charge in [0.15, 0.2) is 5.75 Å². The van der Waals surface area contributed by atoms with Crippen molar-refractivity contribution in [3.05, 3.63) is 16.6 Å². The number of fused-ring (bicyclic) bond motifs is 1. The zero-order valence-corrected chi connectivity index (χ0v) is 7.84. The third kappa shape index (κ3) is 1.11. The van der Waals surface area contributed by atoms with Crippen LogP contribution in [0.5, 0.6) is 17.2 Å². The van der Waals surface area contributed by atoms with Crippen LogP contribution in [-0.2, 0) is 0 Å².